The summed E-state index contributed by atoms with van der Waals surface area (Å²) in [5.41, 5.74) is 2.61. The van der Waals surface area contributed by atoms with Gasteiger partial charge in [0.15, 0.2) is 0 Å². The second-order valence-electron chi connectivity index (χ2n) is 4.80. The van der Waals surface area contributed by atoms with Gasteiger partial charge in [-0.15, -0.1) is 0 Å². The monoisotopic (exact) mass is 368 g/mol. The minimum Gasteiger partial charge on any atom is -0.378 e. The summed E-state index contributed by atoms with van der Waals surface area (Å²) in [5.74, 6) is 0. The molecule has 0 heterocycles. The summed E-state index contributed by atoms with van der Waals surface area (Å²) in [7, 11) is 0. The fourth-order valence-electron chi connectivity index (χ4n) is 2.05. The van der Waals surface area contributed by atoms with E-state index in [1.807, 2.05) is 38.1 Å². The second-order valence-corrected chi connectivity index (χ2v) is 6.12. The number of anilines is 1. The number of nitrogens with zero attached hydrogens (tertiary/aromatic N) is 1. The lowest BCUT2D eigenvalue weighted by Gasteiger charge is -2.18. The van der Waals surface area contributed by atoms with Gasteiger partial charge in [-0.1, -0.05) is 39.7 Å². The zero-order valence-corrected chi connectivity index (χ0v) is 13.9. The SMILES string of the molecule is Cc1cc([N+](=O)[O-])c(Cl)cc1NC(C)c1cccc(Br)c1. The van der Waals surface area contributed by atoms with Gasteiger partial charge in [0, 0.05) is 22.3 Å². The van der Waals surface area contributed by atoms with Gasteiger partial charge in [-0.05, 0) is 43.2 Å². The lowest BCUT2D eigenvalue weighted by atomic mass is 10.1. The number of rotatable bonds is 4. The predicted octanol–water partition coefficient (Wildman–Crippen LogP) is 5.49. The van der Waals surface area contributed by atoms with Crippen molar-refractivity contribution in [1.29, 1.82) is 0 Å². The molecule has 1 N–H and O–H groups in total. The van der Waals surface area contributed by atoms with E-state index in [0.29, 0.717) is 0 Å². The van der Waals surface area contributed by atoms with Gasteiger partial charge in [-0.2, -0.15) is 0 Å². The molecule has 2 aromatic rings. The van der Waals surface area contributed by atoms with Crippen LogP contribution in [-0.4, -0.2) is 4.92 Å². The summed E-state index contributed by atoms with van der Waals surface area (Å²) in [5, 5.41) is 14.3. The molecule has 1 unspecified atom stereocenters. The molecule has 0 bridgehead atoms. The van der Waals surface area contributed by atoms with Crippen molar-refractivity contribution in [2.24, 2.45) is 0 Å². The predicted molar refractivity (Wildman–Crippen MR) is 89.0 cm³/mol. The maximum absolute atomic E-state index is 10.9. The standard InChI is InChI=1S/C15H14BrClN2O2/c1-9-6-15(19(20)21)13(17)8-14(9)18-10(2)11-4-3-5-12(16)7-11/h3-8,10,18H,1-2H3. The van der Waals surface area contributed by atoms with Crippen molar-refractivity contribution in [3.63, 3.8) is 0 Å². The van der Waals surface area contributed by atoms with E-state index in [-0.39, 0.29) is 16.8 Å². The van der Waals surface area contributed by atoms with Gasteiger partial charge in [0.2, 0.25) is 0 Å². The summed E-state index contributed by atoms with van der Waals surface area (Å²) in [4.78, 5) is 10.4. The third-order valence-electron chi connectivity index (χ3n) is 3.21. The molecule has 0 aliphatic carbocycles. The molecule has 110 valence electrons. The van der Waals surface area contributed by atoms with Crippen LogP contribution < -0.4 is 5.32 Å². The Morgan fingerprint density at radius 2 is 2.05 bits per heavy atom. The molecule has 0 aromatic heterocycles. The molecule has 2 rings (SSSR count). The van der Waals surface area contributed by atoms with Gasteiger partial charge in [-0.25, -0.2) is 0 Å². The first-order valence-corrected chi connectivity index (χ1v) is 7.52. The van der Waals surface area contributed by atoms with Crippen LogP contribution in [0.2, 0.25) is 5.02 Å². The quantitative estimate of drug-likeness (QED) is 0.572. The van der Waals surface area contributed by atoms with E-state index in [2.05, 4.69) is 21.2 Å². The number of halogens is 2. The molecule has 0 amide bonds. The van der Waals surface area contributed by atoms with Crippen LogP contribution in [0.1, 0.15) is 24.1 Å². The normalized spacial score (nSPS) is 12.0. The second kappa shape index (κ2) is 6.45. The van der Waals surface area contributed by atoms with Crippen LogP contribution in [0.3, 0.4) is 0 Å². The van der Waals surface area contributed by atoms with E-state index < -0.39 is 4.92 Å². The Bertz CT molecular complexity index is 691. The van der Waals surface area contributed by atoms with E-state index in [1.54, 1.807) is 6.07 Å². The molecule has 1 atom stereocenters. The van der Waals surface area contributed by atoms with Gasteiger partial charge in [0.1, 0.15) is 5.02 Å². The molecule has 0 fully saturated rings. The Morgan fingerprint density at radius 3 is 2.67 bits per heavy atom. The largest absolute Gasteiger partial charge is 0.378 e. The third-order valence-corrected chi connectivity index (χ3v) is 4.01. The van der Waals surface area contributed by atoms with E-state index in [0.717, 1.165) is 21.3 Å². The Morgan fingerprint density at radius 1 is 1.33 bits per heavy atom. The first-order chi connectivity index (χ1) is 9.88. The van der Waals surface area contributed by atoms with Crippen molar-refractivity contribution in [3.8, 4) is 0 Å². The molecular formula is C15H14BrClN2O2. The first kappa shape index (κ1) is 15.8. The summed E-state index contributed by atoms with van der Waals surface area (Å²) in [6, 6.07) is 11.1. The Balaban J connectivity index is 2.27. The van der Waals surface area contributed by atoms with E-state index in [1.165, 1.54) is 6.07 Å². The lowest BCUT2D eigenvalue weighted by Crippen LogP contribution is -2.08. The molecule has 0 radical (unpaired) electrons. The Kier molecular flexibility index (Phi) is 4.85. The van der Waals surface area contributed by atoms with Crippen molar-refractivity contribution in [2.45, 2.75) is 19.9 Å². The smallest absolute Gasteiger partial charge is 0.288 e. The zero-order valence-electron chi connectivity index (χ0n) is 11.6. The molecular weight excluding hydrogens is 356 g/mol. The third kappa shape index (κ3) is 3.74. The van der Waals surface area contributed by atoms with Gasteiger partial charge < -0.3 is 5.32 Å². The minimum atomic E-state index is -0.475. The van der Waals surface area contributed by atoms with Gasteiger partial charge in [0.25, 0.3) is 5.69 Å². The van der Waals surface area contributed by atoms with Crippen LogP contribution in [0.25, 0.3) is 0 Å². The van der Waals surface area contributed by atoms with Gasteiger partial charge >= 0.3 is 0 Å². The fourth-order valence-corrected chi connectivity index (χ4v) is 2.70. The minimum absolute atomic E-state index is 0.0544. The topological polar surface area (TPSA) is 55.2 Å². The molecule has 0 spiro atoms. The molecule has 0 aliphatic heterocycles. The van der Waals surface area contributed by atoms with Crippen LogP contribution in [-0.2, 0) is 0 Å². The number of benzene rings is 2. The maximum atomic E-state index is 10.9. The average molecular weight is 370 g/mol. The Labute approximate surface area is 136 Å². The van der Waals surface area contributed by atoms with Crippen LogP contribution in [0, 0.1) is 17.0 Å². The number of nitrogens with one attached hydrogen (secondary N) is 1. The van der Waals surface area contributed by atoms with Crippen molar-refractivity contribution in [2.75, 3.05) is 5.32 Å². The average Bonchev–Trinajstić information content (AvgIpc) is 2.42. The molecule has 6 heteroatoms. The fraction of sp³-hybridized carbons (Fsp3) is 0.200. The summed E-state index contributed by atoms with van der Waals surface area (Å²) in [6.45, 7) is 3.84. The van der Waals surface area contributed by atoms with E-state index in [9.17, 15) is 10.1 Å². The first-order valence-electron chi connectivity index (χ1n) is 6.35. The van der Waals surface area contributed by atoms with Crippen LogP contribution >= 0.6 is 27.5 Å². The maximum Gasteiger partial charge on any atom is 0.288 e. The van der Waals surface area contributed by atoms with E-state index in [4.69, 9.17) is 11.6 Å². The zero-order chi connectivity index (χ0) is 15.6. The summed E-state index contributed by atoms with van der Waals surface area (Å²) < 4.78 is 1.01. The van der Waals surface area contributed by atoms with Crippen LogP contribution in [0.5, 0.6) is 0 Å². The highest BCUT2D eigenvalue weighted by Crippen LogP contribution is 2.32. The lowest BCUT2D eigenvalue weighted by molar-refractivity contribution is -0.384. The highest BCUT2D eigenvalue weighted by atomic mass is 79.9. The molecule has 0 aliphatic rings. The summed E-state index contributed by atoms with van der Waals surface area (Å²) in [6.07, 6.45) is 0. The summed E-state index contributed by atoms with van der Waals surface area (Å²) >= 11 is 9.41. The highest BCUT2D eigenvalue weighted by molar-refractivity contribution is 9.10. The van der Waals surface area contributed by atoms with Crippen molar-refractivity contribution >= 4 is 38.9 Å². The number of hydrogen-bond acceptors (Lipinski definition) is 3. The van der Waals surface area contributed by atoms with Crippen molar-refractivity contribution < 1.29 is 4.92 Å². The van der Waals surface area contributed by atoms with Gasteiger partial charge in [-0.3, -0.25) is 10.1 Å². The van der Waals surface area contributed by atoms with Crippen LogP contribution in [0.15, 0.2) is 40.9 Å². The van der Waals surface area contributed by atoms with Crippen LogP contribution in [0.4, 0.5) is 11.4 Å². The van der Waals surface area contributed by atoms with Crippen molar-refractivity contribution in [3.05, 3.63) is 67.1 Å². The number of nitro benzene ring substituents is 1. The number of nitro groups is 1. The molecule has 2 aromatic carbocycles. The number of aryl methyl sites for hydroxylation is 1. The molecule has 4 nitrogen and oxygen atoms in total. The Hall–Kier alpha value is -1.59. The molecule has 21 heavy (non-hydrogen) atoms. The molecule has 0 saturated heterocycles. The molecule has 0 saturated carbocycles. The van der Waals surface area contributed by atoms with E-state index >= 15 is 0 Å². The highest BCUT2D eigenvalue weighted by Gasteiger charge is 2.16. The van der Waals surface area contributed by atoms with Gasteiger partial charge in [0.05, 0.1) is 4.92 Å². The number of hydrogen-bond donors (Lipinski definition) is 1. The van der Waals surface area contributed by atoms with Crippen molar-refractivity contribution in [1.82, 2.24) is 0 Å².